The molecule has 2 nitrogen and oxygen atoms in total. The first-order chi connectivity index (χ1) is 10.6. The molecule has 0 saturated carbocycles. The number of fused-ring (bicyclic) bond motifs is 3. The van der Waals surface area contributed by atoms with Gasteiger partial charge in [0.05, 0.1) is 7.05 Å². The van der Waals surface area contributed by atoms with E-state index in [1.807, 2.05) is 0 Å². The first-order valence-electron chi connectivity index (χ1n) is 8.49. The van der Waals surface area contributed by atoms with E-state index in [0.29, 0.717) is 0 Å². The molecule has 130 valence electrons. The Morgan fingerprint density at radius 3 is 2.12 bits per heavy atom. The molecular formula is C21H29BrN2. The van der Waals surface area contributed by atoms with E-state index in [0.717, 1.165) is 6.54 Å². The highest BCUT2D eigenvalue weighted by Gasteiger charge is 2.30. The lowest BCUT2D eigenvalue weighted by molar-refractivity contribution is -0.647. The van der Waals surface area contributed by atoms with Crippen LogP contribution < -0.4 is 21.5 Å². The van der Waals surface area contributed by atoms with Crippen LogP contribution in [0.4, 0.5) is 0 Å². The predicted octanol–water partition coefficient (Wildman–Crippen LogP) is 1.89. The fourth-order valence-corrected chi connectivity index (χ4v) is 3.22. The molecule has 1 aliphatic heterocycles. The molecule has 3 rings (SSSR count). The monoisotopic (exact) mass is 388 g/mol. The van der Waals surface area contributed by atoms with Crippen molar-refractivity contribution in [1.29, 1.82) is 0 Å². The summed E-state index contributed by atoms with van der Waals surface area (Å²) in [6.45, 7) is 14.8. The maximum absolute atomic E-state index is 2.46. The molecule has 0 spiro atoms. The Kier molecular flexibility index (Phi) is 4.89. The Labute approximate surface area is 156 Å². The maximum Gasteiger partial charge on any atom is 0.282 e. The van der Waals surface area contributed by atoms with Gasteiger partial charge in [-0.1, -0.05) is 59.8 Å². The molecule has 0 radical (unpaired) electrons. The Balaban J connectivity index is 0.00000208. The summed E-state index contributed by atoms with van der Waals surface area (Å²) in [5.41, 5.74) is 5.79. The Morgan fingerprint density at radius 1 is 0.917 bits per heavy atom. The molecule has 0 aliphatic carbocycles. The van der Waals surface area contributed by atoms with Gasteiger partial charge in [-0.05, 0) is 34.1 Å². The van der Waals surface area contributed by atoms with E-state index in [-0.39, 0.29) is 27.8 Å². The van der Waals surface area contributed by atoms with E-state index in [4.69, 9.17) is 0 Å². The zero-order chi connectivity index (χ0) is 17.0. The number of aryl methyl sites for hydroxylation is 1. The van der Waals surface area contributed by atoms with Crippen molar-refractivity contribution in [3.63, 3.8) is 0 Å². The Hall–Kier alpha value is -1.35. The molecular weight excluding hydrogens is 360 g/mol. The number of allylic oxidation sites excluding steroid dienone is 3. The smallest absolute Gasteiger partial charge is 0.282 e. The summed E-state index contributed by atoms with van der Waals surface area (Å²) in [5, 5.41) is 0. The van der Waals surface area contributed by atoms with Gasteiger partial charge in [-0.25, -0.2) is 9.13 Å². The van der Waals surface area contributed by atoms with Crippen molar-refractivity contribution in [2.75, 3.05) is 0 Å². The Bertz CT molecular complexity index is 824. The van der Waals surface area contributed by atoms with Gasteiger partial charge in [0.2, 0.25) is 0 Å². The summed E-state index contributed by atoms with van der Waals surface area (Å²) in [6, 6.07) is 8.70. The zero-order valence-corrected chi connectivity index (χ0v) is 17.5. The zero-order valence-electron chi connectivity index (χ0n) is 15.9. The number of imidazole rings is 1. The molecule has 0 unspecified atom stereocenters. The normalized spacial score (nSPS) is 15.3. The van der Waals surface area contributed by atoms with Gasteiger partial charge in [-0.2, -0.15) is 0 Å². The topological polar surface area (TPSA) is 8.81 Å². The molecule has 3 heteroatoms. The van der Waals surface area contributed by atoms with E-state index >= 15 is 0 Å². The van der Waals surface area contributed by atoms with Crippen molar-refractivity contribution in [3.8, 4) is 0 Å². The number of aromatic nitrogens is 2. The molecule has 2 heterocycles. The van der Waals surface area contributed by atoms with Gasteiger partial charge >= 0.3 is 0 Å². The number of para-hydroxylation sites is 2. The fourth-order valence-electron chi connectivity index (χ4n) is 3.22. The SMILES string of the molecule is C[n+]1c2n(c3ccccc31)CC(C(C)(C)C)=CC(C(C)(C)C)=C2.[Br-]. The molecule has 1 aliphatic rings. The van der Waals surface area contributed by atoms with E-state index in [1.54, 1.807) is 0 Å². The summed E-state index contributed by atoms with van der Waals surface area (Å²) in [5.74, 6) is 1.28. The molecule has 1 aromatic heterocycles. The van der Waals surface area contributed by atoms with Gasteiger partial charge < -0.3 is 17.0 Å². The second-order valence-electron chi connectivity index (χ2n) is 8.76. The molecule has 0 atom stereocenters. The van der Waals surface area contributed by atoms with Gasteiger partial charge in [-0.3, -0.25) is 0 Å². The predicted molar refractivity (Wildman–Crippen MR) is 98.1 cm³/mol. The van der Waals surface area contributed by atoms with Crippen LogP contribution in [0.1, 0.15) is 47.4 Å². The highest BCUT2D eigenvalue weighted by atomic mass is 79.9. The minimum atomic E-state index is 0. The first-order valence-corrected chi connectivity index (χ1v) is 8.49. The second-order valence-corrected chi connectivity index (χ2v) is 8.76. The van der Waals surface area contributed by atoms with Crippen molar-refractivity contribution in [3.05, 3.63) is 47.3 Å². The highest BCUT2D eigenvalue weighted by molar-refractivity contribution is 5.74. The standard InChI is InChI=1S/C21H29N2.BrH/c1-20(2,3)15-12-16(21(4,5)6)14-23-18-11-9-8-10-17(18)22(7)19(23)13-15;/h8-13H,14H2,1-7H3;1H/q+1;/p-1. The summed E-state index contributed by atoms with van der Waals surface area (Å²) in [6.07, 6.45) is 4.81. The molecule has 0 amide bonds. The van der Waals surface area contributed by atoms with Crippen molar-refractivity contribution in [2.45, 2.75) is 48.1 Å². The molecule has 1 aromatic carbocycles. The minimum Gasteiger partial charge on any atom is -1.00 e. The van der Waals surface area contributed by atoms with Gasteiger partial charge in [-0.15, -0.1) is 0 Å². The average Bonchev–Trinajstić information content (AvgIpc) is 2.62. The van der Waals surface area contributed by atoms with Crippen LogP contribution in [0.2, 0.25) is 0 Å². The van der Waals surface area contributed by atoms with E-state index in [2.05, 4.69) is 94.1 Å². The lowest BCUT2D eigenvalue weighted by atomic mass is 9.80. The number of nitrogens with zero attached hydrogens (tertiary/aromatic N) is 2. The van der Waals surface area contributed by atoms with Gasteiger partial charge in [0, 0.05) is 6.08 Å². The van der Waals surface area contributed by atoms with Crippen LogP contribution in [0.5, 0.6) is 0 Å². The summed E-state index contributed by atoms with van der Waals surface area (Å²) >= 11 is 0. The highest BCUT2D eigenvalue weighted by Crippen LogP contribution is 2.37. The molecule has 24 heavy (non-hydrogen) atoms. The summed E-state index contributed by atoms with van der Waals surface area (Å²) < 4.78 is 4.78. The average molecular weight is 389 g/mol. The largest absolute Gasteiger partial charge is 1.00 e. The third-order valence-corrected chi connectivity index (χ3v) is 4.93. The number of benzene rings is 1. The van der Waals surface area contributed by atoms with Gasteiger partial charge in [0.15, 0.2) is 11.0 Å². The van der Waals surface area contributed by atoms with Crippen molar-refractivity contribution >= 4 is 17.1 Å². The fraction of sp³-hybridized carbons (Fsp3) is 0.476. The molecule has 0 N–H and O–H groups in total. The third-order valence-electron chi connectivity index (χ3n) is 4.93. The summed E-state index contributed by atoms with van der Waals surface area (Å²) in [7, 11) is 2.17. The molecule has 0 saturated heterocycles. The van der Waals surface area contributed by atoms with Gasteiger partial charge in [0.1, 0.15) is 6.54 Å². The molecule has 0 bridgehead atoms. The number of hydrogen-bond donors (Lipinski definition) is 0. The summed E-state index contributed by atoms with van der Waals surface area (Å²) in [4.78, 5) is 0. The van der Waals surface area contributed by atoms with Crippen LogP contribution in [0.25, 0.3) is 17.1 Å². The van der Waals surface area contributed by atoms with E-state index in [9.17, 15) is 0 Å². The van der Waals surface area contributed by atoms with Crippen LogP contribution in [0.3, 0.4) is 0 Å². The second kappa shape index (κ2) is 6.18. The van der Waals surface area contributed by atoms with Crippen LogP contribution in [0.15, 0.2) is 41.5 Å². The number of halogens is 1. The van der Waals surface area contributed by atoms with Gasteiger partial charge in [0.25, 0.3) is 5.82 Å². The van der Waals surface area contributed by atoms with E-state index in [1.165, 1.54) is 28.0 Å². The Morgan fingerprint density at radius 2 is 1.54 bits per heavy atom. The minimum absolute atomic E-state index is 0. The van der Waals surface area contributed by atoms with Crippen LogP contribution in [-0.2, 0) is 13.6 Å². The number of hydrogen-bond acceptors (Lipinski definition) is 0. The van der Waals surface area contributed by atoms with Crippen molar-refractivity contribution < 1.29 is 21.5 Å². The number of rotatable bonds is 0. The first kappa shape index (κ1) is 19.0. The maximum atomic E-state index is 2.46. The van der Waals surface area contributed by atoms with Crippen LogP contribution >= 0.6 is 0 Å². The van der Waals surface area contributed by atoms with E-state index < -0.39 is 0 Å². The van der Waals surface area contributed by atoms with Crippen LogP contribution in [0, 0.1) is 10.8 Å². The molecule has 0 fully saturated rings. The third kappa shape index (κ3) is 3.23. The quantitative estimate of drug-likeness (QED) is 0.609. The van der Waals surface area contributed by atoms with Crippen LogP contribution in [-0.4, -0.2) is 4.57 Å². The van der Waals surface area contributed by atoms with Crippen molar-refractivity contribution in [1.82, 2.24) is 4.57 Å². The lowest BCUT2D eigenvalue weighted by Gasteiger charge is -2.25. The lowest BCUT2D eigenvalue weighted by Crippen LogP contribution is -3.00. The molecule has 2 aromatic rings. The van der Waals surface area contributed by atoms with Crippen molar-refractivity contribution in [2.24, 2.45) is 17.9 Å².